The summed E-state index contributed by atoms with van der Waals surface area (Å²) in [4.78, 5) is 13.0. The van der Waals surface area contributed by atoms with E-state index in [-0.39, 0.29) is 11.8 Å². The molecule has 0 bridgehead atoms. The number of thioether (sulfide) groups is 1. The lowest BCUT2D eigenvalue weighted by Crippen LogP contribution is -2.21. The van der Waals surface area contributed by atoms with Gasteiger partial charge in [-0.05, 0) is 37.8 Å². The number of amides is 1. The van der Waals surface area contributed by atoms with Gasteiger partial charge in [0, 0.05) is 10.8 Å². The molecule has 0 fully saturated rings. The molecule has 3 nitrogen and oxygen atoms in total. The number of carbonyl (C=O) groups excluding carboxylic acids is 1. The van der Waals surface area contributed by atoms with Gasteiger partial charge in [-0.1, -0.05) is 19.1 Å². The highest BCUT2D eigenvalue weighted by Crippen LogP contribution is 2.25. The van der Waals surface area contributed by atoms with E-state index in [1.54, 1.807) is 11.8 Å². The molecule has 1 unspecified atom stereocenters. The minimum Gasteiger partial charge on any atom is -0.330 e. The molecule has 0 spiro atoms. The molecule has 1 aromatic carbocycles. The monoisotopic (exact) mass is 252 g/mol. The number of nitrogens with one attached hydrogen (secondary N) is 1. The zero-order chi connectivity index (χ0) is 12.7. The van der Waals surface area contributed by atoms with E-state index < -0.39 is 0 Å². The van der Waals surface area contributed by atoms with E-state index in [0.717, 1.165) is 23.4 Å². The Bertz CT molecular complexity index is 368. The van der Waals surface area contributed by atoms with E-state index in [4.69, 9.17) is 5.73 Å². The number of anilines is 1. The molecule has 0 aliphatic rings. The zero-order valence-corrected chi connectivity index (χ0v) is 11.2. The Balaban J connectivity index is 2.61. The maximum atomic E-state index is 11.9. The summed E-state index contributed by atoms with van der Waals surface area (Å²) in [6.45, 7) is 2.58. The number of para-hydroxylation sites is 1. The van der Waals surface area contributed by atoms with Crippen LogP contribution in [-0.4, -0.2) is 18.7 Å². The first-order valence-electron chi connectivity index (χ1n) is 5.83. The fourth-order valence-electron chi connectivity index (χ4n) is 1.56. The van der Waals surface area contributed by atoms with Gasteiger partial charge in [0.2, 0.25) is 5.91 Å². The van der Waals surface area contributed by atoms with Gasteiger partial charge in [-0.3, -0.25) is 4.79 Å². The van der Waals surface area contributed by atoms with Crippen LogP contribution in [0.2, 0.25) is 0 Å². The van der Waals surface area contributed by atoms with Crippen molar-refractivity contribution in [2.45, 2.75) is 24.7 Å². The van der Waals surface area contributed by atoms with Gasteiger partial charge in [-0.2, -0.15) is 0 Å². The Morgan fingerprint density at radius 1 is 1.47 bits per heavy atom. The fourth-order valence-corrected chi connectivity index (χ4v) is 2.11. The molecule has 0 radical (unpaired) electrons. The lowest BCUT2D eigenvalue weighted by atomic mass is 10.0. The largest absolute Gasteiger partial charge is 0.330 e. The first-order chi connectivity index (χ1) is 8.19. The highest BCUT2D eigenvalue weighted by atomic mass is 32.2. The van der Waals surface area contributed by atoms with Gasteiger partial charge < -0.3 is 11.1 Å². The molecule has 0 saturated heterocycles. The summed E-state index contributed by atoms with van der Waals surface area (Å²) in [5.74, 6) is 0.0772. The standard InChI is InChI=1S/C13H20N2OS/c1-10(6-5-9-14)13(16)15-11-7-3-4-8-12(11)17-2/h3-4,7-8,10H,5-6,9,14H2,1-2H3,(H,15,16). The Kier molecular flexibility index (Phi) is 6.08. The second kappa shape index (κ2) is 7.35. The van der Waals surface area contributed by atoms with Crippen molar-refractivity contribution in [1.29, 1.82) is 0 Å². The van der Waals surface area contributed by atoms with E-state index in [2.05, 4.69) is 5.32 Å². The summed E-state index contributed by atoms with van der Waals surface area (Å²) in [5, 5.41) is 2.97. The SMILES string of the molecule is CSc1ccccc1NC(=O)C(C)CCCN. The van der Waals surface area contributed by atoms with Gasteiger partial charge in [0.25, 0.3) is 0 Å². The number of rotatable bonds is 6. The fraction of sp³-hybridized carbons (Fsp3) is 0.462. The molecule has 4 heteroatoms. The van der Waals surface area contributed by atoms with Crippen molar-refractivity contribution in [3.05, 3.63) is 24.3 Å². The highest BCUT2D eigenvalue weighted by Gasteiger charge is 2.13. The van der Waals surface area contributed by atoms with Crippen LogP contribution >= 0.6 is 11.8 Å². The molecule has 3 N–H and O–H groups in total. The lowest BCUT2D eigenvalue weighted by Gasteiger charge is -2.13. The molecule has 17 heavy (non-hydrogen) atoms. The molecule has 1 atom stereocenters. The van der Waals surface area contributed by atoms with Crippen LogP contribution in [0.4, 0.5) is 5.69 Å². The second-order valence-electron chi connectivity index (χ2n) is 4.02. The molecule has 94 valence electrons. The van der Waals surface area contributed by atoms with Crippen LogP contribution in [0, 0.1) is 5.92 Å². The molecule has 1 rings (SSSR count). The molecular weight excluding hydrogens is 232 g/mol. The molecule has 0 aliphatic carbocycles. The van der Waals surface area contributed by atoms with Gasteiger partial charge in [-0.25, -0.2) is 0 Å². The van der Waals surface area contributed by atoms with E-state index in [1.807, 2.05) is 37.4 Å². The third-order valence-electron chi connectivity index (χ3n) is 2.65. The smallest absolute Gasteiger partial charge is 0.227 e. The quantitative estimate of drug-likeness (QED) is 0.765. The maximum absolute atomic E-state index is 11.9. The van der Waals surface area contributed by atoms with Crippen molar-refractivity contribution in [3.63, 3.8) is 0 Å². The van der Waals surface area contributed by atoms with Crippen molar-refractivity contribution in [3.8, 4) is 0 Å². The van der Waals surface area contributed by atoms with Gasteiger partial charge in [-0.15, -0.1) is 11.8 Å². The summed E-state index contributed by atoms with van der Waals surface area (Å²) >= 11 is 1.63. The molecular formula is C13H20N2OS. The molecule has 1 aromatic rings. The normalized spacial score (nSPS) is 12.2. The first kappa shape index (κ1) is 14.1. The Morgan fingerprint density at radius 3 is 2.82 bits per heavy atom. The topological polar surface area (TPSA) is 55.1 Å². The van der Waals surface area contributed by atoms with E-state index in [9.17, 15) is 4.79 Å². The summed E-state index contributed by atoms with van der Waals surface area (Å²) in [5.41, 5.74) is 6.33. The number of benzene rings is 1. The van der Waals surface area contributed by atoms with Crippen molar-refractivity contribution < 1.29 is 4.79 Å². The predicted octanol–water partition coefficient (Wildman–Crippen LogP) is 2.72. The van der Waals surface area contributed by atoms with Gasteiger partial charge in [0.15, 0.2) is 0 Å². The number of hydrogen-bond acceptors (Lipinski definition) is 3. The van der Waals surface area contributed by atoms with Crippen molar-refractivity contribution in [2.24, 2.45) is 11.7 Å². The van der Waals surface area contributed by atoms with Crippen LogP contribution < -0.4 is 11.1 Å². The predicted molar refractivity (Wildman–Crippen MR) is 74.3 cm³/mol. The van der Waals surface area contributed by atoms with E-state index in [0.29, 0.717) is 6.54 Å². The minimum absolute atomic E-state index is 0.00784. The minimum atomic E-state index is 0.00784. The van der Waals surface area contributed by atoms with E-state index >= 15 is 0 Å². The van der Waals surface area contributed by atoms with Gasteiger partial charge >= 0.3 is 0 Å². The molecule has 0 saturated carbocycles. The van der Waals surface area contributed by atoms with Crippen molar-refractivity contribution in [2.75, 3.05) is 18.1 Å². The van der Waals surface area contributed by atoms with Crippen LogP contribution in [0.3, 0.4) is 0 Å². The molecule has 0 aliphatic heterocycles. The summed E-state index contributed by atoms with van der Waals surface area (Å²) in [6.07, 6.45) is 3.73. The molecule has 1 amide bonds. The van der Waals surface area contributed by atoms with Crippen molar-refractivity contribution in [1.82, 2.24) is 0 Å². The third-order valence-corrected chi connectivity index (χ3v) is 3.45. The zero-order valence-electron chi connectivity index (χ0n) is 10.4. The summed E-state index contributed by atoms with van der Waals surface area (Å²) in [7, 11) is 0. The lowest BCUT2D eigenvalue weighted by molar-refractivity contribution is -0.119. The summed E-state index contributed by atoms with van der Waals surface area (Å²) in [6, 6.07) is 7.84. The highest BCUT2D eigenvalue weighted by molar-refractivity contribution is 7.98. The van der Waals surface area contributed by atoms with Crippen LogP contribution in [-0.2, 0) is 4.79 Å². The average Bonchev–Trinajstić information content (AvgIpc) is 2.36. The Morgan fingerprint density at radius 2 is 2.18 bits per heavy atom. The molecule has 0 heterocycles. The maximum Gasteiger partial charge on any atom is 0.227 e. The summed E-state index contributed by atoms with van der Waals surface area (Å²) < 4.78 is 0. The van der Waals surface area contributed by atoms with Gasteiger partial charge in [0.05, 0.1) is 5.69 Å². The third kappa shape index (κ3) is 4.40. The van der Waals surface area contributed by atoms with Crippen molar-refractivity contribution >= 4 is 23.4 Å². The average molecular weight is 252 g/mol. The van der Waals surface area contributed by atoms with Gasteiger partial charge in [0.1, 0.15) is 0 Å². The Labute approximate surface area is 107 Å². The van der Waals surface area contributed by atoms with Crippen LogP contribution in [0.5, 0.6) is 0 Å². The second-order valence-corrected chi connectivity index (χ2v) is 4.87. The van der Waals surface area contributed by atoms with E-state index in [1.165, 1.54) is 0 Å². The number of nitrogens with two attached hydrogens (primary N) is 1. The Hall–Kier alpha value is -1.00. The number of hydrogen-bond donors (Lipinski definition) is 2. The van der Waals surface area contributed by atoms with Crippen LogP contribution in [0.15, 0.2) is 29.2 Å². The van der Waals surface area contributed by atoms with Crippen LogP contribution in [0.25, 0.3) is 0 Å². The van der Waals surface area contributed by atoms with Crippen LogP contribution in [0.1, 0.15) is 19.8 Å². The molecule has 0 aromatic heterocycles. The first-order valence-corrected chi connectivity index (χ1v) is 7.05. The number of carbonyl (C=O) groups is 1.